The lowest BCUT2D eigenvalue weighted by molar-refractivity contribution is 0.633. The lowest BCUT2D eigenvalue weighted by Gasteiger charge is -2.04. The van der Waals surface area contributed by atoms with Crippen molar-refractivity contribution in [2.24, 2.45) is 0 Å². The largest absolute Gasteiger partial charge is 0.396 e. The van der Waals surface area contributed by atoms with Gasteiger partial charge in [-0.1, -0.05) is 6.07 Å². The van der Waals surface area contributed by atoms with Gasteiger partial charge in [-0.15, -0.1) is 10.2 Å². The van der Waals surface area contributed by atoms with Crippen molar-refractivity contribution in [3.05, 3.63) is 42.6 Å². The maximum Gasteiger partial charge on any atom is 0.179 e. The highest BCUT2D eigenvalue weighted by Crippen LogP contribution is 2.26. The van der Waals surface area contributed by atoms with Gasteiger partial charge >= 0.3 is 0 Å². The van der Waals surface area contributed by atoms with Crippen molar-refractivity contribution in [3.8, 4) is 11.4 Å². The third-order valence-electron chi connectivity index (χ3n) is 2.51. The van der Waals surface area contributed by atoms with Gasteiger partial charge in [-0.25, -0.2) is 4.39 Å². The maximum absolute atomic E-state index is 13.4. The van der Waals surface area contributed by atoms with Crippen molar-refractivity contribution >= 4 is 11.3 Å². The number of benzene rings is 1. The minimum Gasteiger partial charge on any atom is -0.396 e. The Bertz CT molecular complexity index is 691. The molecule has 0 aliphatic heterocycles. The number of hydrogen-bond donors (Lipinski definition) is 1. The summed E-state index contributed by atoms with van der Waals surface area (Å²) in [6, 6.07) is 4.60. The molecule has 0 bridgehead atoms. The Kier molecular flexibility index (Phi) is 2.01. The molecule has 2 heterocycles. The van der Waals surface area contributed by atoms with Gasteiger partial charge in [-0.3, -0.25) is 9.38 Å². The smallest absolute Gasteiger partial charge is 0.179 e. The molecule has 0 aliphatic rings. The zero-order valence-electron chi connectivity index (χ0n) is 8.71. The molecule has 0 radical (unpaired) electrons. The fourth-order valence-electron chi connectivity index (χ4n) is 1.67. The summed E-state index contributed by atoms with van der Waals surface area (Å²) in [6.07, 6.45) is 4.89. The Morgan fingerprint density at radius 2 is 2.12 bits per heavy atom. The van der Waals surface area contributed by atoms with E-state index in [9.17, 15) is 4.39 Å². The topological polar surface area (TPSA) is 69.1 Å². The zero-order chi connectivity index (χ0) is 11.8. The molecule has 0 amide bonds. The highest BCUT2D eigenvalue weighted by Gasteiger charge is 2.12. The summed E-state index contributed by atoms with van der Waals surface area (Å²) in [5.41, 5.74) is 6.87. The first kappa shape index (κ1) is 9.71. The molecule has 0 atom stereocenters. The van der Waals surface area contributed by atoms with Crippen LogP contribution >= 0.6 is 0 Å². The second-order valence-electron chi connectivity index (χ2n) is 3.53. The fourth-order valence-corrected chi connectivity index (χ4v) is 1.67. The molecule has 0 fully saturated rings. The number of para-hydroxylation sites is 1. The van der Waals surface area contributed by atoms with Crippen molar-refractivity contribution < 1.29 is 4.39 Å². The number of halogens is 1. The van der Waals surface area contributed by atoms with Crippen LogP contribution in [0, 0.1) is 5.82 Å². The molecule has 0 saturated heterocycles. The Hall–Kier alpha value is -2.50. The average Bonchev–Trinajstić information content (AvgIpc) is 2.77. The molecule has 2 aromatic heterocycles. The summed E-state index contributed by atoms with van der Waals surface area (Å²) in [4.78, 5) is 3.93. The highest BCUT2D eigenvalue weighted by molar-refractivity contribution is 5.73. The van der Waals surface area contributed by atoms with E-state index in [1.165, 1.54) is 6.07 Å². The van der Waals surface area contributed by atoms with E-state index in [0.29, 0.717) is 17.0 Å². The molecule has 0 saturated carbocycles. The number of aromatic nitrogens is 4. The molecule has 17 heavy (non-hydrogen) atoms. The van der Waals surface area contributed by atoms with Crippen LogP contribution in [-0.2, 0) is 0 Å². The minimum atomic E-state index is -0.465. The standard InChI is InChI=1S/C11H8FN5/c12-8-3-1-2-7(10(8)13)11-16-15-9-6-14-4-5-17(9)11/h1-6H,13H2. The number of hydrogen-bond acceptors (Lipinski definition) is 4. The van der Waals surface area contributed by atoms with Crippen molar-refractivity contribution in [2.45, 2.75) is 0 Å². The van der Waals surface area contributed by atoms with Crippen LogP contribution in [0.15, 0.2) is 36.8 Å². The van der Waals surface area contributed by atoms with Crippen LogP contribution in [0.25, 0.3) is 17.0 Å². The third-order valence-corrected chi connectivity index (χ3v) is 2.51. The predicted octanol–water partition coefficient (Wildman–Crippen LogP) is 1.51. The fraction of sp³-hybridized carbons (Fsp3) is 0. The number of fused-ring (bicyclic) bond motifs is 1. The Labute approximate surface area is 95.7 Å². The van der Waals surface area contributed by atoms with Crippen LogP contribution in [0.1, 0.15) is 0 Å². The highest BCUT2D eigenvalue weighted by atomic mass is 19.1. The van der Waals surface area contributed by atoms with Gasteiger partial charge in [0.25, 0.3) is 0 Å². The number of anilines is 1. The Morgan fingerprint density at radius 3 is 3.00 bits per heavy atom. The average molecular weight is 229 g/mol. The van der Waals surface area contributed by atoms with Crippen molar-refractivity contribution in [1.29, 1.82) is 0 Å². The monoisotopic (exact) mass is 229 g/mol. The molecule has 1 aromatic carbocycles. The van der Waals surface area contributed by atoms with Gasteiger partial charge in [0.1, 0.15) is 5.82 Å². The van der Waals surface area contributed by atoms with E-state index in [-0.39, 0.29) is 5.69 Å². The minimum absolute atomic E-state index is 0.0682. The normalized spacial score (nSPS) is 10.9. The first-order chi connectivity index (χ1) is 8.27. The molecule has 2 N–H and O–H groups in total. The molecule has 3 aromatic rings. The first-order valence-corrected chi connectivity index (χ1v) is 4.96. The Balaban J connectivity index is 2.31. The van der Waals surface area contributed by atoms with E-state index in [1.54, 1.807) is 35.1 Å². The second kappa shape index (κ2) is 3.51. The molecule has 5 nitrogen and oxygen atoms in total. The van der Waals surface area contributed by atoms with E-state index in [4.69, 9.17) is 5.73 Å². The molecule has 0 aliphatic carbocycles. The van der Waals surface area contributed by atoms with Gasteiger partial charge in [0, 0.05) is 18.0 Å². The second-order valence-corrected chi connectivity index (χ2v) is 3.53. The van der Waals surface area contributed by atoms with Crippen molar-refractivity contribution in [2.75, 3.05) is 5.73 Å². The summed E-state index contributed by atoms with van der Waals surface area (Å²) in [7, 11) is 0. The molecule has 3 rings (SSSR count). The molecule has 84 valence electrons. The predicted molar refractivity (Wildman–Crippen MR) is 60.6 cm³/mol. The van der Waals surface area contributed by atoms with E-state index >= 15 is 0 Å². The van der Waals surface area contributed by atoms with Gasteiger partial charge in [0.2, 0.25) is 0 Å². The zero-order valence-corrected chi connectivity index (χ0v) is 8.71. The molecular formula is C11H8FN5. The molecule has 0 spiro atoms. The van der Waals surface area contributed by atoms with Crippen molar-refractivity contribution in [3.63, 3.8) is 0 Å². The number of nitrogens with zero attached hydrogens (tertiary/aromatic N) is 4. The first-order valence-electron chi connectivity index (χ1n) is 4.96. The van der Waals surface area contributed by atoms with Crippen LogP contribution in [0.3, 0.4) is 0 Å². The van der Waals surface area contributed by atoms with E-state index in [0.717, 1.165) is 0 Å². The molecule has 0 unspecified atom stereocenters. The third kappa shape index (κ3) is 1.42. The van der Waals surface area contributed by atoms with Gasteiger partial charge < -0.3 is 5.73 Å². The number of nitrogens with two attached hydrogens (primary N) is 1. The van der Waals surface area contributed by atoms with Crippen LogP contribution in [0.4, 0.5) is 10.1 Å². The summed E-state index contributed by atoms with van der Waals surface area (Å²) < 4.78 is 15.1. The Morgan fingerprint density at radius 1 is 1.24 bits per heavy atom. The number of nitrogen functional groups attached to an aromatic ring is 1. The summed E-state index contributed by atoms with van der Waals surface area (Å²) in [5, 5.41) is 7.93. The van der Waals surface area contributed by atoms with E-state index in [1.807, 2.05) is 0 Å². The summed E-state index contributed by atoms with van der Waals surface area (Å²) in [5.74, 6) is 0.0349. The van der Waals surface area contributed by atoms with Gasteiger partial charge in [-0.2, -0.15) is 0 Å². The summed E-state index contributed by atoms with van der Waals surface area (Å²) in [6.45, 7) is 0. The van der Waals surface area contributed by atoms with Crippen molar-refractivity contribution in [1.82, 2.24) is 19.6 Å². The molecular weight excluding hydrogens is 221 g/mol. The van der Waals surface area contributed by atoms with Crippen LogP contribution in [0.5, 0.6) is 0 Å². The molecule has 6 heteroatoms. The SMILES string of the molecule is Nc1c(F)cccc1-c1nnc2cnccn12. The quantitative estimate of drug-likeness (QED) is 0.642. The number of rotatable bonds is 1. The lowest BCUT2D eigenvalue weighted by Crippen LogP contribution is -1.97. The lowest BCUT2D eigenvalue weighted by atomic mass is 10.1. The van der Waals surface area contributed by atoms with Gasteiger partial charge in [0.05, 0.1) is 11.9 Å². The van der Waals surface area contributed by atoms with Crippen LogP contribution in [0.2, 0.25) is 0 Å². The van der Waals surface area contributed by atoms with E-state index < -0.39 is 5.82 Å². The summed E-state index contributed by atoms with van der Waals surface area (Å²) >= 11 is 0. The van der Waals surface area contributed by atoms with Gasteiger partial charge in [-0.05, 0) is 12.1 Å². The maximum atomic E-state index is 13.4. The van der Waals surface area contributed by atoms with E-state index in [2.05, 4.69) is 15.2 Å². The van der Waals surface area contributed by atoms with Crippen LogP contribution < -0.4 is 5.73 Å². The van der Waals surface area contributed by atoms with Crippen LogP contribution in [-0.4, -0.2) is 19.6 Å². The van der Waals surface area contributed by atoms with Gasteiger partial charge in [0.15, 0.2) is 11.5 Å².